The van der Waals surface area contributed by atoms with E-state index in [0.717, 1.165) is 17.8 Å². The molecule has 0 bridgehead atoms. The maximum Gasteiger partial charge on any atom is 0.136 e. The number of anilines is 1. The van der Waals surface area contributed by atoms with Crippen molar-refractivity contribution in [3.63, 3.8) is 0 Å². The van der Waals surface area contributed by atoms with Crippen molar-refractivity contribution in [3.05, 3.63) is 11.8 Å². The summed E-state index contributed by atoms with van der Waals surface area (Å²) in [5, 5.41) is 6.78. The molecule has 0 fully saturated rings. The van der Waals surface area contributed by atoms with Crippen molar-refractivity contribution < 1.29 is 4.21 Å². The van der Waals surface area contributed by atoms with Gasteiger partial charge in [-0.1, -0.05) is 6.92 Å². The molecule has 1 unspecified atom stereocenters. The second-order valence-electron chi connectivity index (χ2n) is 3.07. The van der Waals surface area contributed by atoms with Crippen LogP contribution in [-0.2, 0) is 17.4 Å². The number of rotatable bonds is 4. The van der Waals surface area contributed by atoms with Crippen LogP contribution in [-0.4, -0.2) is 19.7 Å². The van der Waals surface area contributed by atoms with Crippen LogP contribution in [0.2, 0.25) is 0 Å². The van der Waals surface area contributed by atoms with Gasteiger partial charge in [-0.25, -0.2) is 4.21 Å². The number of nitrogens with one attached hydrogen (secondary N) is 2. The zero-order valence-corrected chi connectivity index (χ0v) is 8.94. The summed E-state index contributed by atoms with van der Waals surface area (Å²) in [7, 11) is -1.03. The van der Waals surface area contributed by atoms with E-state index < -0.39 is 11.0 Å². The van der Waals surface area contributed by atoms with Crippen LogP contribution in [0, 0.1) is 0 Å². The second kappa shape index (κ2) is 4.41. The van der Waals surface area contributed by atoms with Crippen LogP contribution in [0.15, 0.2) is 6.20 Å². The van der Waals surface area contributed by atoms with Crippen molar-refractivity contribution in [3.8, 4) is 0 Å². The maximum atomic E-state index is 11.4. The van der Waals surface area contributed by atoms with E-state index in [1.807, 2.05) is 20.8 Å². The molecular formula is C8H15N3OS. The summed E-state index contributed by atoms with van der Waals surface area (Å²) in [5.74, 6) is 0.773. The molecule has 0 aliphatic carbocycles. The minimum atomic E-state index is -1.03. The number of aromatic amines is 1. The first kappa shape index (κ1) is 10.2. The lowest BCUT2D eigenvalue weighted by molar-refractivity contribution is 0.680. The average Bonchev–Trinajstić information content (AvgIpc) is 2.51. The number of nitrogens with zero attached hydrogens (tertiary/aromatic N) is 1. The molecule has 1 atom stereocenters. The standard InChI is InChI=1S/C8H15N3OS/c1-4-7-5-9-10-8(7)11-13(12)6(2)3/h5-6H,4H2,1-3H3,(H2,9,10,11). The van der Waals surface area contributed by atoms with Gasteiger partial charge in [-0.15, -0.1) is 0 Å². The molecule has 5 heteroatoms. The predicted octanol–water partition coefficient (Wildman–Crippen LogP) is 1.46. The summed E-state index contributed by atoms with van der Waals surface area (Å²) >= 11 is 0. The molecule has 1 aromatic heterocycles. The first-order chi connectivity index (χ1) is 6.15. The molecule has 0 amide bonds. The summed E-state index contributed by atoms with van der Waals surface area (Å²) in [5.41, 5.74) is 1.06. The van der Waals surface area contributed by atoms with Gasteiger partial charge >= 0.3 is 0 Å². The zero-order valence-electron chi connectivity index (χ0n) is 8.13. The van der Waals surface area contributed by atoms with Gasteiger partial charge in [0.1, 0.15) is 16.8 Å². The van der Waals surface area contributed by atoms with Gasteiger partial charge in [-0.2, -0.15) is 5.10 Å². The van der Waals surface area contributed by atoms with Crippen LogP contribution >= 0.6 is 0 Å². The van der Waals surface area contributed by atoms with E-state index in [4.69, 9.17) is 0 Å². The Balaban J connectivity index is 2.68. The van der Waals surface area contributed by atoms with E-state index in [0.29, 0.717) is 0 Å². The highest BCUT2D eigenvalue weighted by atomic mass is 32.2. The van der Waals surface area contributed by atoms with E-state index in [1.165, 1.54) is 0 Å². The lowest BCUT2D eigenvalue weighted by Crippen LogP contribution is -2.15. The first-order valence-corrected chi connectivity index (χ1v) is 5.56. The highest BCUT2D eigenvalue weighted by molar-refractivity contribution is 7.86. The van der Waals surface area contributed by atoms with E-state index in [9.17, 15) is 4.21 Å². The number of hydrogen-bond acceptors (Lipinski definition) is 2. The summed E-state index contributed by atoms with van der Waals surface area (Å²) in [4.78, 5) is 0. The summed E-state index contributed by atoms with van der Waals surface area (Å²) in [6.07, 6.45) is 2.63. The minimum absolute atomic E-state index is 0.105. The highest BCUT2D eigenvalue weighted by Gasteiger charge is 2.08. The van der Waals surface area contributed by atoms with E-state index in [1.54, 1.807) is 6.20 Å². The topological polar surface area (TPSA) is 57.8 Å². The van der Waals surface area contributed by atoms with Gasteiger partial charge < -0.3 is 0 Å². The number of aryl methyl sites for hydroxylation is 1. The Morgan fingerprint density at radius 1 is 1.69 bits per heavy atom. The van der Waals surface area contributed by atoms with Crippen LogP contribution in [0.1, 0.15) is 26.3 Å². The molecule has 1 aromatic rings. The lowest BCUT2D eigenvalue weighted by atomic mass is 10.3. The van der Waals surface area contributed by atoms with Crippen LogP contribution in [0.25, 0.3) is 0 Å². The number of hydrogen-bond donors (Lipinski definition) is 2. The summed E-state index contributed by atoms with van der Waals surface area (Å²) in [6, 6.07) is 0. The van der Waals surface area contributed by atoms with Gasteiger partial charge in [0.2, 0.25) is 0 Å². The molecule has 2 N–H and O–H groups in total. The predicted molar refractivity (Wildman–Crippen MR) is 54.9 cm³/mol. The van der Waals surface area contributed by atoms with E-state index in [-0.39, 0.29) is 5.25 Å². The molecule has 0 saturated carbocycles. The minimum Gasteiger partial charge on any atom is -0.289 e. The summed E-state index contributed by atoms with van der Waals surface area (Å²) in [6.45, 7) is 5.85. The first-order valence-electron chi connectivity index (χ1n) is 4.34. The van der Waals surface area contributed by atoms with Gasteiger partial charge in [-0.3, -0.25) is 9.82 Å². The molecule has 0 aromatic carbocycles. The molecule has 0 saturated heterocycles. The van der Waals surface area contributed by atoms with Crippen LogP contribution < -0.4 is 4.72 Å². The third-order valence-electron chi connectivity index (χ3n) is 1.73. The third-order valence-corrected chi connectivity index (χ3v) is 2.99. The van der Waals surface area contributed by atoms with Gasteiger partial charge in [0.15, 0.2) is 0 Å². The van der Waals surface area contributed by atoms with Crippen molar-refractivity contribution in [1.29, 1.82) is 0 Å². The van der Waals surface area contributed by atoms with Crippen molar-refractivity contribution >= 4 is 16.8 Å². The molecule has 0 spiro atoms. The molecule has 4 nitrogen and oxygen atoms in total. The Hall–Kier alpha value is -0.840. The largest absolute Gasteiger partial charge is 0.289 e. The van der Waals surface area contributed by atoms with Gasteiger partial charge in [0.25, 0.3) is 0 Å². The molecule has 13 heavy (non-hydrogen) atoms. The smallest absolute Gasteiger partial charge is 0.136 e. The van der Waals surface area contributed by atoms with Gasteiger partial charge in [0.05, 0.1) is 6.20 Å². The Labute approximate surface area is 80.7 Å². The number of H-pyrrole nitrogens is 1. The second-order valence-corrected chi connectivity index (χ2v) is 4.81. The van der Waals surface area contributed by atoms with E-state index >= 15 is 0 Å². The van der Waals surface area contributed by atoms with Crippen molar-refractivity contribution in [2.75, 3.05) is 4.72 Å². The third kappa shape index (κ3) is 2.55. The van der Waals surface area contributed by atoms with Crippen LogP contribution in [0.3, 0.4) is 0 Å². The molecule has 1 heterocycles. The summed E-state index contributed by atoms with van der Waals surface area (Å²) < 4.78 is 14.3. The van der Waals surface area contributed by atoms with E-state index in [2.05, 4.69) is 14.9 Å². The number of aromatic nitrogens is 2. The maximum absolute atomic E-state index is 11.4. The molecule has 0 aliphatic heterocycles. The highest BCUT2D eigenvalue weighted by Crippen LogP contribution is 2.12. The quantitative estimate of drug-likeness (QED) is 0.774. The fourth-order valence-electron chi connectivity index (χ4n) is 0.886. The monoisotopic (exact) mass is 201 g/mol. The fourth-order valence-corrected chi connectivity index (χ4v) is 1.50. The SMILES string of the molecule is CCc1cn[nH]c1NS(=O)C(C)C. The lowest BCUT2D eigenvalue weighted by Gasteiger charge is -2.07. The van der Waals surface area contributed by atoms with Crippen molar-refractivity contribution in [2.24, 2.45) is 0 Å². The Kier molecular flexibility index (Phi) is 3.48. The molecule has 1 rings (SSSR count). The normalized spacial score (nSPS) is 13.2. The fraction of sp³-hybridized carbons (Fsp3) is 0.625. The van der Waals surface area contributed by atoms with Crippen LogP contribution in [0.5, 0.6) is 0 Å². The average molecular weight is 201 g/mol. The van der Waals surface area contributed by atoms with Gasteiger partial charge in [0, 0.05) is 10.8 Å². The van der Waals surface area contributed by atoms with Crippen LogP contribution in [0.4, 0.5) is 5.82 Å². The van der Waals surface area contributed by atoms with Crippen molar-refractivity contribution in [2.45, 2.75) is 32.4 Å². The molecule has 0 radical (unpaired) electrons. The van der Waals surface area contributed by atoms with Gasteiger partial charge in [-0.05, 0) is 20.3 Å². The Morgan fingerprint density at radius 3 is 2.92 bits per heavy atom. The Morgan fingerprint density at radius 2 is 2.38 bits per heavy atom. The molecule has 74 valence electrons. The molecular weight excluding hydrogens is 186 g/mol. The zero-order chi connectivity index (χ0) is 9.84. The van der Waals surface area contributed by atoms with Crippen molar-refractivity contribution in [1.82, 2.24) is 10.2 Å². The Bertz CT molecular complexity index is 295. The molecule has 0 aliphatic rings.